The van der Waals surface area contributed by atoms with Crippen molar-refractivity contribution in [3.05, 3.63) is 40.2 Å². The number of ether oxygens (including phenoxy) is 1. The Labute approximate surface area is 134 Å². The number of fused-ring (bicyclic) bond motifs is 1. The van der Waals surface area contributed by atoms with Crippen molar-refractivity contribution in [2.45, 2.75) is 6.61 Å². The van der Waals surface area contributed by atoms with Crippen LogP contribution in [0, 0.1) is 0 Å². The van der Waals surface area contributed by atoms with Crippen molar-refractivity contribution in [1.29, 1.82) is 0 Å². The number of hydrogen-bond acceptors (Lipinski definition) is 7. The summed E-state index contributed by atoms with van der Waals surface area (Å²) in [6.07, 6.45) is 0. The largest absolute Gasteiger partial charge is 0.508 e. The normalized spacial score (nSPS) is 14.4. The Morgan fingerprint density at radius 1 is 1.35 bits per heavy atom. The number of phenols is 1. The highest BCUT2D eigenvalue weighted by molar-refractivity contribution is 8.13. The monoisotopic (exact) mass is 335 g/mol. The Morgan fingerprint density at radius 3 is 2.91 bits per heavy atom. The van der Waals surface area contributed by atoms with Crippen molar-refractivity contribution in [2.75, 3.05) is 18.8 Å². The maximum atomic E-state index is 11.8. The molecule has 2 heterocycles. The summed E-state index contributed by atoms with van der Waals surface area (Å²) in [5, 5.41) is 9.86. The molecule has 3 rings (SSSR count). The van der Waals surface area contributed by atoms with E-state index >= 15 is 0 Å². The van der Waals surface area contributed by atoms with Crippen LogP contribution in [0.4, 0.5) is 4.79 Å². The lowest BCUT2D eigenvalue weighted by molar-refractivity contribution is -0.145. The average molecular weight is 335 g/mol. The van der Waals surface area contributed by atoms with Crippen LogP contribution in [0.5, 0.6) is 5.75 Å². The lowest BCUT2D eigenvalue weighted by Gasteiger charge is -2.13. The minimum atomic E-state index is -0.597. The number of hydrogen-bond donors (Lipinski definition) is 1. The standard InChI is InChI=1S/C15H13NO6S/c17-10-1-2-11-9(5-13(18)22-12(11)6-10)8-21-14(19)7-16-3-4-23-15(16)20/h1-2,5-6,17H,3-4,7-8H2. The third-order valence-electron chi connectivity index (χ3n) is 3.37. The second-order valence-corrected chi connectivity index (χ2v) is 6.01. The number of amides is 1. The van der Waals surface area contributed by atoms with Gasteiger partial charge in [0.15, 0.2) is 0 Å². The summed E-state index contributed by atoms with van der Waals surface area (Å²) in [7, 11) is 0. The summed E-state index contributed by atoms with van der Waals surface area (Å²) in [5.74, 6) is 0.0980. The summed E-state index contributed by atoms with van der Waals surface area (Å²) < 4.78 is 10.1. The Hall–Kier alpha value is -2.48. The highest BCUT2D eigenvalue weighted by atomic mass is 32.2. The van der Waals surface area contributed by atoms with E-state index in [4.69, 9.17) is 9.15 Å². The maximum Gasteiger partial charge on any atom is 0.336 e. The van der Waals surface area contributed by atoms with Gasteiger partial charge in [-0.05, 0) is 12.1 Å². The first-order valence-corrected chi connectivity index (χ1v) is 7.84. The van der Waals surface area contributed by atoms with Gasteiger partial charge in [0, 0.05) is 35.4 Å². The van der Waals surface area contributed by atoms with Crippen molar-refractivity contribution >= 4 is 33.9 Å². The molecule has 0 aliphatic carbocycles. The van der Waals surface area contributed by atoms with Gasteiger partial charge in [0.1, 0.15) is 24.5 Å². The molecule has 7 nitrogen and oxygen atoms in total. The summed E-state index contributed by atoms with van der Waals surface area (Å²) in [4.78, 5) is 36.2. The molecule has 2 aromatic rings. The zero-order chi connectivity index (χ0) is 16.4. The number of aromatic hydroxyl groups is 1. The molecule has 0 bridgehead atoms. The first kappa shape index (κ1) is 15.4. The fraction of sp³-hybridized carbons (Fsp3) is 0.267. The van der Waals surface area contributed by atoms with E-state index < -0.39 is 11.6 Å². The molecule has 1 amide bonds. The number of nitrogens with zero attached hydrogens (tertiary/aromatic N) is 1. The molecular weight excluding hydrogens is 322 g/mol. The van der Waals surface area contributed by atoms with Gasteiger partial charge in [0.25, 0.3) is 5.24 Å². The van der Waals surface area contributed by atoms with Crippen molar-refractivity contribution in [1.82, 2.24) is 4.90 Å². The molecule has 1 aliphatic heterocycles. The van der Waals surface area contributed by atoms with Crippen molar-refractivity contribution in [2.24, 2.45) is 0 Å². The number of esters is 1. The molecule has 1 N–H and O–H groups in total. The van der Waals surface area contributed by atoms with Crippen LogP contribution >= 0.6 is 11.8 Å². The Balaban J connectivity index is 1.72. The topological polar surface area (TPSA) is 97.0 Å². The van der Waals surface area contributed by atoms with Gasteiger partial charge in [-0.15, -0.1) is 0 Å². The van der Waals surface area contributed by atoms with Gasteiger partial charge in [-0.1, -0.05) is 11.8 Å². The van der Waals surface area contributed by atoms with Crippen LogP contribution < -0.4 is 5.63 Å². The van der Waals surface area contributed by atoms with E-state index in [-0.39, 0.29) is 29.7 Å². The Morgan fingerprint density at radius 2 is 2.17 bits per heavy atom. The molecule has 1 fully saturated rings. The van der Waals surface area contributed by atoms with Crippen LogP contribution in [0.25, 0.3) is 11.0 Å². The molecule has 1 saturated heterocycles. The second-order valence-electron chi connectivity index (χ2n) is 4.97. The maximum absolute atomic E-state index is 11.8. The molecule has 0 unspecified atom stereocenters. The van der Waals surface area contributed by atoms with Gasteiger partial charge in [0.05, 0.1) is 0 Å². The van der Waals surface area contributed by atoms with Crippen molar-refractivity contribution < 1.29 is 23.8 Å². The molecular formula is C15H13NO6S. The van der Waals surface area contributed by atoms with E-state index in [1.807, 2.05) is 0 Å². The van der Waals surface area contributed by atoms with Gasteiger partial charge < -0.3 is 19.2 Å². The highest BCUT2D eigenvalue weighted by Crippen LogP contribution is 2.22. The third kappa shape index (κ3) is 3.48. The lowest BCUT2D eigenvalue weighted by atomic mass is 10.1. The van der Waals surface area contributed by atoms with Crippen molar-refractivity contribution in [3.8, 4) is 5.75 Å². The van der Waals surface area contributed by atoms with Crippen LogP contribution in [0.1, 0.15) is 5.56 Å². The summed E-state index contributed by atoms with van der Waals surface area (Å²) in [6, 6.07) is 5.59. The fourth-order valence-electron chi connectivity index (χ4n) is 2.27. The first-order chi connectivity index (χ1) is 11.0. The molecule has 23 heavy (non-hydrogen) atoms. The molecule has 0 saturated carbocycles. The predicted octanol–water partition coefficient (Wildman–Crippen LogP) is 1.71. The molecule has 1 aliphatic rings. The summed E-state index contributed by atoms with van der Waals surface area (Å²) >= 11 is 1.17. The number of carbonyl (C=O) groups excluding carboxylic acids is 2. The molecule has 120 valence electrons. The quantitative estimate of drug-likeness (QED) is 0.671. The van der Waals surface area contributed by atoms with E-state index in [9.17, 15) is 19.5 Å². The minimum absolute atomic E-state index is 0.0279. The van der Waals surface area contributed by atoms with E-state index in [2.05, 4.69) is 0 Å². The Bertz CT molecular complexity index is 830. The summed E-state index contributed by atoms with van der Waals surface area (Å²) in [6.45, 7) is 0.308. The van der Waals surface area contributed by atoms with Gasteiger partial charge >= 0.3 is 11.6 Å². The van der Waals surface area contributed by atoms with E-state index in [0.29, 0.717) is 23.2 Å². The average Bonchev–Trinajstić information content (AvgIpc) is 2.89. The number of thioether (sulfide) groups is 1. The van der Waals surface area contributed by atoms with E-state index in [1.165, 1.54) is 34.9 Å². The zero-order valence-electron chi connectivity index (χ0n) is 12.0. The van der Waals surface area contributed by atoms with Crippen LogP contribution in [-0.4, -0.2) is 40.1 Å². The zero-order valence-corrected chi connectivity index (χ0v) is 12.8. The SMILES string of the molecule is O=C(CN1CCSC1=O)OCc1cc(=O)oc2cc(O)ccc12. The fourth-order valence-corrected chi connectivity index (χ4v) is 3.09. The third-order valence-corrected chi connectivity index (χ3v) is 4.26. The molecule has 0 spiro atoms. The van der Waals surface area contributed by atoms with E-state index in [0.717, 1.165) is 0 Å². The predicted molar refractivity (Wildman–Crippen MR) is 83.4 cm³/mol. The summed E-state index contributed by atoms with van der Waals surface area (Å²) in [5.41, 5.74) is 0.0988. The molecule has 0 radical (unpaired) electrons. The Kier molecular flexibility index (Phi) is 4.24. The lowest BCUT2D eigenvalue weighted by Crippen LogP contribution is -2.30. The van der Waals surface area contributed by atoms with Crippen LogP contribution in [0.2, 0.25) is 0 Å². The number of rotatable bonds is 4. The molecule has 1 aromatic heterocycles. The first-order valence-electron chi connectivity index (χ1n) is 6.86. The van der Waals surface area contributed by atoms with Crippen LogP contribution in [-0.2, 0) is 16.1 Å². The van der Waals surface area contributed by atoms with Crippen LogP contribution in [0.15, 0.2) is 33.5 Å². The van der Waals surface area contributed by atoms with Gasteiger partial charge in [-0.2, -0.15) is 0 Å². The number of benzene rings is 1. The smallest absolute Gasteiger partial charge is 0.336 e. The van der Waals surface area contributed by atoms with Gasteiger partial charge in [0.2, 0.25) is 0 Å². The molecule has 1 aromatic carbocycles. The van der Waals surface area contributed by atoms with Crippen LogP contribution in [0.3, 0.4) is 0 Å². The van der Waals surface area contributed by atoms with Gasteiger partial charge in [-0.25, -0.2) is 4.79 Å². The molecule has 8 heteroatoms. The molecule has 0 atom stereocenters. The second kappa shape index (κ2) is 6.33. The number of phenolic OH excluding ortho intramolecular Hbond substituents is 1. The van der Waals surface area contributed by atoms with E-state index in [1.54, 1.807) is 6.07 Å². The highest BCUT2D eigenvalue weighted by Gasteiger charge is 2.24. The number of carbonyl (C=O) groups is 2. The minimum Gasteiger partial charge on any atom is -0.508 e. The van der Waals surface area contributed by atoms with Gasteiger partial charge in [-0.3, -0.25) is 9.59 Å². The van der Waals surface area contributed by atoms with Crippen molar-refractivity contribution in [3.63, 3.8) is 0 Å².